The van der Waals surface area contributed by atoms with Crippen LogP contribution in [-0.2, 0) is 4.74 Å². The van der Waals surface area contributed by atoms with Crippen molar-refractivity contribution in [2.45, 2.75) is 18.9 Å². The third kappa shape index (κ3) is 2.14. The van der Waals surface area contributed by atoms with E-state index < -0.39 is 0 Å². The summed E-state index contributed by atoms with van der Waals surface area (Å²) in [5.74, 6) is 0.135. The first kappa shape index (κ1) is 13.6. The molecule has 0 aliphatic carbocycles. The van der Waals surface area contributed by atoms with Gasteiger partial charge in [0, 0.05) is 11.9 Å². The maximum Gasteiger partial charge on any atom is 0.359 e. The van der Waals surface area contributed by atoms with E-state index in [1.807, 2.05) is 24.3 Å². The number of hydrogen-bond donors (Lipinski definition) is 0. The summed E-state index contributed by atoms with van der Waals surface area (Å²) in [7, 11) is 1.53. The van der Waals surface area contributed by atoms with Crippen LogP contribution in [0, 0.1) is 5.92 Å². The van der Waals surface area contributed by atoms with Crippen molar-refractivity contribution in [1.82, 2.24) is 14.8 Å². The molecule has 0 N–H and O–H groups in total. The van der Waals surface area contributed by atoms with Crippen LogP contribution in [0.3, 0.4) is 0 Å². The maximum absolute atomic E-state index is 12.6. The number of carbonyl (C=O) groups excluding carboxylic acids is 1. The van der Waals surface area contributed by atoms with Gasteiger partial charge < -0.3 is 9.57 Å². The summed E-state index contributed by atoms with van der Waals surface area (Å²) in [5, 5.41) is 5.00. The van der Waals surface area contributed by atoms with Crippen molar-refractivity contribution in [3.8, 4) is 0 Å². The van der Waals surface area contributed by atoms with Crippen molar-refractivity contribution in [2.24, 2.45) is 5.92 Å². The lowest BCUT2D eigenvalue weighted by Crippen LogP contribution is -2.51. The molecule has 3 aliphatic rings. The van der Waals surface area contributed by atoms with Crippen molar-refractivity contribution in [3.05, 3.63) is 30.0 Å². The molecule has 1 aromatic carbocycles. The number of ether oxygens (including phenoxy) is 1. The Kier molecular flexibility index (Phi) is 3.26. The Morgan fingerprint density at radius 2 is 2.05 bits per heavy atom. The summed E-state index contributed by atoms with van der Waals surface area (Å²) in [6.45, 7) is 3.10. The minimum absolute atomic E-state index is 0.0125. The average molecular weight is 301 g/mol. The molecule has 2 bridgehead atoms. The van der Waals surface area contributed by atoms with Gasteiger partial charge in [0.15, 0.2) is 5.69 Å². The van der Waals surface area contributed by atoms with E-state index in [0.29, 0.717) is 11.6 Å². The zero-order chi connectivity index (χ0) is 15.1. The third-order valence-corrected chi connectivity index (χ3v) is 4.78. The number of esters is 1. The number of carbonyl (C=O) groups is 1. The first-order valence-electron chi connectivity index (χ1n) is 7.72. The SMILES string of the molecule is COn1nc(C(=O)O[C@@H]2CN3CCC2CC3)c2ccccc21. The molecular formula is C16H19N3O3. The van der Waals surface area contributed by atoms with Gasteiger partial charge in [-0.15, -0.1) is 5.10 Å². The lowest BCUT2D eigenvalue weighted by Gasteiger charge is -2.43. The molecule has 3 fully saturated rings. The summed E-state index contributed by atoms with van der Waals surface area (Å²) < 4.78 is 5.77. The number of rotatable bonds is 3. The standard InChI is InChI=1S/C16H19N3O3/c1-21-19-13-5-3-2-4-12(13)15(17-19)16(20)22-14-10-18-8-6-11(14)7-9-18/h2-5,11,14H,6-10H2,1H3/t14-/m1/s1. The Labute approximate surface area is 128 Å². The Morgan fingerprint density at radius 1 is 1.27 bits per heavy atom. The molecule has 0 radical (unpaired) electrons. The van der Waals surface area contributed by atoms with Gasteiger partial charge in [-0.3, -0.25) is 4.90 Å². The van der Waals surface area contributed by atoms with Gasteiger partial charge in [-0.1, -0.05) is 23.0 Å². The van der Waals surface area contributed by atoms with E-state index in [1.165, 1.54) is 12.0 Å². The Morgan fingerprint density at radius 3 is 2.73 bits per heavy atom. The number of para-hydroxylation sites is 1. The summed E-state index contributed by atoms with van der Waals surface area (Å²) >= 11 is 0. The van der Waals surface area contributed by atoms with Gasteiger partial charge in [0.25, 0.3) is 0 Å². The molecule has 0 spiro atoms. The van der Waals surface area contributed by atoms with Crippen molar-refractivity contribution >= 4 is 16.9 Å². The van der Waals surface area contributed by atoms with Gasteiger partial charge in [0.1, 0.15) is 18.7 Å². The second kappa shape index (κ2) is 5.28. The zero-order valence-electron chi connectivity index (χ0n) is 12.6. The van der Waals surface area contributed by atoms with Crippen LogP contribution in [0.15, 0.2) is 24.3 Å². The van der Waals surface area contributed by atoms with Gasteiger partial charge in [-0.2, -0.15) is 0 Å². The highest BCUT2D eigenvalue weighted by Crippen LogP contribution is 2.30. The molecule has 116 valence electrons. The number of piperidine rings is 3. The van der Waals surface area contributed by atoms with E-state index in [-0.39, 0.29) is 12.1 Å². The maximum atomic E-state index is 12.6. The van der Waals surface area contributed by atoms with E-state index in [1.54, 1.807) is 0 Å². The summed E-state index contributed by atoms with van der Waals surface area (Å²) in [6, 6.07) is 7.51. The van der Waals surface area contributed by atoms with E-state index >= 15 is 0 Å². The van der Waals surface area contributed by atoms with Crippen molar-refractivity contribution in [2.75, 3.05) is 26.7 Å². The number of nitrogens with zero attached hydrogens (tertiary/aromatic N) is 3. The molecule has 22 heavy (non-hydrogen) atoms. The molecule has 1 aromatic heterocycles. The van der Waals surface area contributed by atoms with Crippen LogP contribution in [0.5, 0.6) is 0 Å². The van der Waals surface area contributed by atoms with Crippen molar-refractivity contribution < 1.29 is 14.4 Å². The van der Waals surface area contributed by atoms with Crippen LogP contribution in [0.25, 0.3) is 10.9 Å². The molecule has 3 saturated heterocycles. The van der Waals surface area contributed by atoms with E-state index in [0.717, 1.165) is 43.4 Å². The predicted molar refractivity (Wildman–Crippen MR) is 80.6 cm³/mol. The van der Waals surface area contributed by atoms with Gasteiger partial charge in [0.05, 0.1) is 0 Å². The van der Waals surface area contributed by atoms with Gasteiger partial charge in [-0.25, -0.2) is 4.79 Å². The van der Waals surface area contributed by atoms with Crippen molar-refractivity contribution in [3.63, 3.8) is 0 Å². The van der Waals surface area contributed by atoms with E-state index in [4.69, 9.17) is 9.57 Å². The number of fused-ring (bicyclic) bond motifs is 4. The van der Waals surface area contributed by atoms with Crippen LogP contribution >= 0.6 is 0 Å². The first-order valence-corrected chi connectivity index (χ1v) is 7.72. The van der Waals surface area contributed by atoms with Gasteiger partial charge in [0.2, 0.25) is 0 Å². The molecule has 0 amide bonds. The minimum atomic E-state index is -0.356. The summed E-state index contributed by atoms with van der Waals surface area (Å²) in [4.78, 5) is 21.5. The molecule has 2 aromatic rings. The molecule has 3 aliphatic heterocycles. The first-order chi connectivity index (χ1) is 10.8. The molecule has 6 nitrogen and oxygen atoms in total. The van der Waals surface area contributed by atoms with Crippen LogP contribution in [0.2, 0.25) is 0 Å². The van der Waals surface area contributed by atoms with Crippen LogP contribution in [0.4, 0.5) is 0 Å². The Balaban J connectivity index is 1.60. The summed E-state index contributed by atoms with van der Waals surface area (Å²) in [6.07, 6.45) is 2.22. The summed E-state index contributed by atoms with van der Waals surface area (Å²) in [5.41, 5.74) is 1.10. The smallest absolute Gasteiger partial charge is 0.359 e. The monoisotopic (exact) mass is 301 g/mol. The quantitative estimate of drug-likeness (QED) is 0.801. The second-order valence-corrected chi connectivity index (χ2v) is 6.00. The highest BCUT2D eigenvalue weighted by Gasteiger charge is 2.37. The minimum Gasteiger partial charge on any atom is -0.456 e. The number of benzene rings is 1. The topological polar surface area (TPSA) is 56.6 Å². The van der Waals surface area contributed by atoms with Crippen molar-refractivity contribution in [1.29, 1.82) is 0 Å². The van der Waals surface area contributed by atoms with E-state index in [9.17, 15) is 4.79 Å². The number of hydrogen-bond acceptors (Lipinski definition) is 5. The molecule has 0 saturated carbocycles. The normalized spacial score (nSPS) is 27.0. The fourth-order valence-corrected chi connectivity index (χ4v) is 3.57. The molecule has 4 heterocycles. The third-order valence-electron chi connectivity index (χ3n) is 4.78. The second-order valence-electron chi connectivity index (χ2n) is 6.00. The molecule has 0 unspecified atom stereocenters. The lowest BCUT2D eigenvalue weighted by atomic mass is 9.86. The van der Waals surface area contributed by atoms with Gasteiger partial charge >= 0.3 is 5.97 Å². The largest absolute Gasteiger partial charge is 0.456 e. The van der Waals surface area contributed by atoms with Crippen LogP contribution < -0.4 is 4.84 Å². The predicted octanol–water partition coefficient (Wildman–Crippen LogP) is 1.35. The lowest BCUT2D eigenvalue weighted by molar-refractivity contribution is -0.0460. The Bertz CT molecular complexity index is 704. The zero-order valence-corrected chi connectivity index (χ0v) is 12.6. The van der Waals surface area contributed by atoms with E-state index in [2.05, 4.69) is 10.00 Å². The van der Waals surface area contributed by atoms with Gasteiger partial charge in [-0.05, 0) is 37.9 Å². The Hall–Kier alpha value is -2.08. The highest BCUT2D eigenvalue weighted by atomic mass is 16.7. The number of aromatic nitrogens is 2. The molecule has 5 rings (SSSR count). The average Bonchev–Trinajstić information content (AvgIpc) is 2.95. The molecule has 6 heteroatoms. The highest BCUT2D eigenvalue weighted by molar-refractivity contribution is 6.02. The fraction of sp³-hybridized carbons (Fsp3) is 0.500. The molecular weight excluding hydrogens is 282 g/mol. The molecule has 1 atom stereocenters. The van der Waals surface area contributed by atoms with Crippen LogP contribution in [0.1, 0.15) is 23.3 Å². The fourth-order valence-electron chi connectivity index (χ4n) is 3.57. The van der Waals surface area contributed by atoms with Crippen LogP contribution in [-0.4, -0.2) is 53.7 Å².